The minimum Gasteiger partial charge on any atom is -0.303 e. The lowest BCUT2D eigenvalue weighted by Crippen LogP contribution is -2.24. The van der Waals surface area contributed by atoms with Crippen LogP contribution in [0.1, 0.15) is 6.42 Å². The van der Waals surface area contributed by atoms with Crippen LogP contribution in [0.3, 0.4) is 0 Å². The van der Waals surface area contributed by atoms with Gasteiger partial charge in [-0.15, -0.1) is 5.10 Å². The fourth-order valence-electron chi connectivity index (χ4n) is 1.30. The first-order valence-corrected chi connectivity index (χ1v) is 4.43. The molecule has 2 aromatic heterocycles. The normalized spacial score (nSPS) is 10.7. The molecule has 2 aromatic rings. The monoisotopic (exact) mass is 207 g/mol. The van der Waals surface area contributed by atoms with Crippen LogP contribution in [0.4, 0.5) is 0 Å². The summed E-state index contributed by atoms with van der Waals surface area (Å²) in [5.74, 6) is 0. The maximum absolute atomic E-state index is 11.7. The SMILES string of the molecule is Cn1ncc2c(=O)n(CCC=O)nnc21. The van der Waals surface area contributed by atoms with Crippen molar-refractivity contribution in [3.05, 3.63) is 16.6 Å². The first-order chi connectivity index (χ1) is 7.24. The van der Waals surface area contributed by atoms with E-state index in [0.29, 0.717) is 11.0 Å². The molecule has 0 aliphatic rings. The first kappa shape index (κ1) is 9.50. The third-order valence-corrected chi connectivity index (χ3v) is 2.08. The second-order valence-corrected chi connectivity index (χ2v) is 3.08. The van der Waals surface area contributed by atoms with Crippen molar-refractivity contribution in [2.45, 2.75) is 13.0 Å². The van der Waals surface area contributed by atoms with Gasteiger partial charge in [0.15, 0.2) is 5.65 Å². The largest absolute Gasteiger partial charge is 0.303 e. The molecule has 7 nitrogen and oxygen atoms in total. The zero-order valence-electron chi connectivity index (χ0n) is 8.12. The van der Waals surface area contributed by atoms with E-state index in [0.717, 1.165) is 6.29 Å². The smallest absolute Gasteiger partial charge is 0.280 e. The van der Waals surface area contributed by atoms with Gasteiger partial charge in [-0.05, 0) is 0 Å². The van der Waals surface area contributed by atoms with Gasteiger partial charge in [0.25, 0.3) is 5.56 Å². The number of aryl methyl sites for hydroxylation is 2. The Labute approximate surface area is 84.3 Å². The maximum atomic E-state index is 11.7. The molecule has 2 rings (SSSR count). The van der Waals surface area contributed by atoms with E-state index in [4.69, 9.17) is 0 Å². The lowest BCUT2D eigenvalue weighted by atomic mass is 10.4. The number of aldehydes is 1. The highest BCUT2D eigenvalue weighted by Crippen LogP contribution is 2.01. The Kier molecular flexibility index (Phi) is 2.28. The van der Waals surface area contributed by atoms with Gasteiger partial charge in [-0.1, -0.05) is 5.21 Å². The van der Waals surface area contributed by atoms with E-state index in [-0.39, 0.29) is 18.5 Å². The van der Waals surface area contributed by atoms with Crippen molar-refractivity contribution in [3.8, 4) is 0 Å². The number of rotatable bonds is 3. The summed E-state index contributed by atoms with van der Waals surface area (Å²) in [5.41, 5.74) is 0.178. The molecule has 0 bridgehead atoms. The Morgan fingerprint density at radius 2 is 2.33 bits per heavy atom. The minimum absolute atomic E-state index is 0.250. The number of hydrogen-bond donors (Lipinski definition) is 0. The molecule has 0 saturated heterocycles. The number of carbonyl (C=O) groups excluding carboxylic acids is 1. The lowest BCUT2D eigenvalue weighted by Gasteiger charge is -1.99. The molecule has 0 saturated carbocycles. The topological polar surface area (TPSA) is 82.7 Å². The number of carbonyl (C=O) groups is 1. The molecule has 7 heteroatoms. The standard InChI is InChI=1S/C8H9N5O2/c1-12-7-6(5-9-12)8(15)13(11-10-7)3-2-4-14/h4-5H,2-3H2,1H3. The average Bonchev–Trinajstić information content (AvgIpc) is 2.61. The third-order valence-electron chi connectivity index (χ3n) is 2.08. The minimum atomic E-state index is -0.269. The Hall–Kier alpha value is -2.05. The van der Waals surface area contributed by atoms with Gasteiger partial charge in [0.2, 0.25) is 0 Å². The molecule has 15 heavy (non-hydrogen) atoms. The molecule has 0 unspecified atom stereocenters. The zero-order chi connectivity index (χ0) is 10.8. The predicted octanol–water partition coefficient (Wildman–Crippen LogP) is -0.886. The molecule has 0 aromatic carbocycles. The number of nitrogens with zero attached hydrogens (tertiary/aromatic N) is 5. The van der Waals surface area contributed by atoms with E-state index in [1.807, 2.05) is 0 Å². The predicted molar refractivity (Wildman–Crippen MR) is 51.2 cm³/mol. The summed E-state index contributed by atoms with van der Waals surface area (Å²) in [4.78, 5) is 21.9. The van der Waals surface area contributed by atoms with Gasteiger partial charge in [-0.3, -0.25) is 4.79 Å². The molecule has 0 N–H and O–H groups in total. The summed E-state index contributed by atoms with van der Waals surface area (Å²) in [7, 11) is 1.69. The van der Waals surface area contributed by atoms with E-state index in [1.54, 1.807) is 7.05 Å². The summed E-state index contributed by atoms with van der Waals surface area (Å²) >= 11 is 0. The third kappa shape index (κ3) is 1.51. The molecular formula is C8H9N5O2. The molecular weight excluding hydrogens is 198 g/mol. The fraction of sp³-hybridized carbons (Fsp3) is 0.375. The van der Waals surface area contributed by atoms with Gasteiger partial charge in [-0.2, -0.15) is 5.10 Å². The van der Waals surface area contributed by atoms with Gasteiger partial charge >= 0.3 is 0 Å². The summed E-state index contributed by atoms with van der Waals surface area (Å²) < 4.78 is 2.65. The highest BCUT2D eigenvalue weighted by Gasteiger charge is 2.08. The van der Waals surface area contributed by atoms with Gasteiger partial charge < -0.3 is 4.79 Å². The van der Waals surface area contributed by atoms with Crippen molar-refractivity contribution >= 4 is 17.3 Å². The van der Waals surface area contributed by atoms with Gasteiger partial charge in [0, 0.05) is 13.5 Å². The Balaban J connectivity index is 2.55. The van der Waals surface area contributed by atoms with Crippen LogP contribution in [0.15, 0.2) is 11.0 Å². The summed E-state index contributed by atoms with van der Waals surface area (Å²) in [6.07, 6.45) is 2.44. The van der Waals surface area contributed by atoms with Crippen molar-refractivity contribution < 1.29 is 4.79 Å². The van der Waals surface area contributed by atoms with E-state index in [1.165, 1.54) is 15.6 Å². The molecule has 0 amide bonds. The molecule has 0 spiro atoms. The van der Waals surface area contributed by atoms with Gasteiger partial charge in [-0.25, -0.2) is 9.36 Å². The van der Waals surface area contributed by atoms with Crippen molar-refractivity contribution in [3.63, 3.8) is 0 Å². The van der Waals surface area contributed by atoms with Crippen LogP contribution in [0.5, 0.6) is 0 Å². The highest BCUT2D eigenvalue weighted by atomic mass is 16.1. The average molecular weight is 207 g/mol. The molecule has 0 atom stereocenters. The van der Waals surface area contributed by atoms with Crippen LogP contribution in [0.2, 0.25) is 0 Å². The van der Waals surface area contributed by atoms with Crippen LogP contribution in [-0.2, 0) is 18.4 Å². The number of fused-ring (bicyclic) bond motifs is 1. The summed E-state index contributed by atoms with van der Waals surface area (Å²) in [6.45, 7) is 0.250. The van der Waals surface area contributed by atoms with Gasteiger partial charge in [0.1, 0.15) is 11.7 Å². The second kappa shape index (κ2) is 3.60. The van der Waals surface area contributed by atoms with Crippen molar-refractivity contribution in [1.29, 1.82) is 0 Å². The Morgan fingerprint density at radius 1 is 1.53 bits per heavy atom. The van der Waals surface area contributed by atoms with Crippen LogP contribution >= 0.6 is 0 Å². The number of hydrogen-bond acceptors (Lipinski definition) is 5. The molecule has 0 aliphatic heterocycles. The summed E-state index contributed by atoms with van der Waals surface area (Å²) in [6, 6.07) is 0. The van der Waals surface area contributed by atoms with Crippen molar-refractivity contribution in [1.82, 2.24) is 24.8 Å². The van der Waals surface area contributed by atoms with E-state index in [9.17, 15) is 9.59 Å². The molecule has 0 aliphatic carbocycles. The lowest BCUT2D eigenvalue weighted by molar-refractivity contribution is -0.108. The van der Waals surface area contributed by atoms with Crippen LogP contribution < -0.4 is 5.56 Å². The van der Waals surface area contributed by atoms with E-state index < -0.39 is 0 Å². The van der Waals surface area contributed by atoms with Gasteiger partial charge in [0.05, 0.1) is 12.7 Å². The number of aromatic nitrogens is 5. The molecule has 78 valence electrons. The quantitative estimate of drug-likeness (QED) is 0.610. The Bertz CT molecular complexity index is 556. The summed E-state index contributed by atoms with van der Waals surface area (Å²) in [5, 5.41) is 11.9. The maximum Gasteiger partial charge on any atom is 0.280 e. The molecule has 2 heterocycles. The first-order valence-electron chi connectivity index (χ1n) is 4.43. The van der Waals surface area contributed by atoms with Crippen molar-refractivity contribution in [2.24, 2.45) is 7.05 Å². The fourth-order valence-corrected chi connectivity index (χ4v) is 1.30. The zero-order valence-corrected chi connectivity index (χ0v) is 8.12. The highest BCUT2D eigenvalue weighted by molar-refractivity contribution is 5.72. The Morgan fingerprint density at radius 3 is 3.07 bits per heavy atom. The van der Waals surface area contributed by atoms with E-state index >= 15 is 0 Å². The van der Waals surface area contributed by atoms with Crippen LogP contribution in [0, 0.1) is 0 Å². The second-order valence-electron chi connectivity index (χ2n) is 3.08. The molecule has 0 fully saturated rings. The van der Waals surface area contributed by atoms with Crippen molar-refractivity contribution in [2.75, 3.05) is 0 Å². The van der Waals surface area contributed by atoms with Crippen LogP contribution in [0.25, 0.3) is 11.0 Å². The van der Waals surface area contributed by atoms with E-state index in [2.05, 4.69) is 15.4 Å². The van der Waals surface area contributed by atoms with Crippen LogP contribution in [-0.4, -0.2) is 31.1 Å². The molecule has 0 radical (unpaired) electrons.